The van der Waals surface area contributed by atoms with Gasteiger partial charge < -0.3 is 15.0 Å². The van der Waals surface area contributed by atoms with Crippen LogP contribution in [0.5, 0.6) is 0 Å². The summed E-state index contributed by atoms with van der Waals surface area (Å²) in [7, 11) is 3.42. The summed E-state index contributed by atoms with van der Waals surface area (Å²) in [6.07, 6.45) is 3.15. The first-order valence-electron chi connectivity index (χ1n) is 6.24. The lowest BCUT2D eigenvalue weighted by molar-refractivity contribution is 0.0822. The monoisotopic (exact) mass is 262 g/mol. The molecule has 1 saturated heterocycles. The Balaban J connectivity index is 2.13. The lowest BCUT2D eigenvalue weighted by Gasteiger charge is -2.29. The molecule has 1 N–H and O–H groups in total. The predicted octanol–water partition coefficient (Wildman–Crippen LogP) is 1.21. The molecule has 0 spiro atoms. The number of aromatic nitrogens is 1. The number of amides is 1. The van der Waals surface area contributed by atoms with Crippen molar-refractivity contribution in [3.05, 3.63) is 24.0 Å². The van der Waals surface area contributed by atoms with E-state index < -0.39 is 0 Å². The van der Waals surface area contributed by atoms with Gasteiger partial charge in [-0.05, 0) is 12.1 Å². The summed E-state index contributed by atoms with van der Waals surface area (Å²) in [5, 5.41) is 12.0. The molecule has 0 bridgehead atoms. The average Bonchev–Trinajstić information content (AvgIpc) is 2.46. The molecule has 2 heterocycles. The van der Waals surface area contributed by atoms with Gasteiger partial charge in [-0.2, -0.15) is 0 Å². The number of anilines is 1. The molecule has 6 nitrogen and oxygen atoms in total. The van der Waals surface area contributed by atoms with E-state index in [2.05, 4.69) is 15.0 Å². The topological polar surface area (TPSA) is 69.0 Å². The number of hydrogen-bond acceptors (Lipinski definition) is 5. The van der Waals surface area contributed by atoms with E-state index in [1.807, 2.05) is 12.1 Å². The molecule has 1 amide bonds. The zero-order valence-corrected chi connectivity index (χ0v) is 11.2. The Morgan fingerprint density at radius 3 is 2.68 bits per heavy atom. The van der Waals surface area contributed by atoms with Crippen molar-refractivity contribution in [3.63, 3.8) is 0 Å². The number of pyridine rings is 1. The van der Waals surface area contributed by atoms with Crippen molar-refractivity contribution in [1.82, 2.24) is 9.88 Å². The minimum Gasteiger partial charge on any atom is -0.411 e. The first-order valence-corrected chi connectivity index (χ1v) is 6.24. The second-order valence-corrected chi connectivity index (χ2v) is 4.75. The van der Waals surface area contributed by atoms with Crippen LogP contribution in [0.3, 0.4) is 0 Å². The van der Waals surface area contributed by atoms with Crippen molar-refractivity contribution in [2.24, 2.45) is 5.16 Å². The molecule has 1 aliphatic rings. The second-order valence-electron chi connectivity index (χ2n) is 4.75. The third kappa shape index (κ3) is 3.01. The molecule has 0 unspecified atom stereocenters. The molecule has 102 valence electrons. The lowest BCUT2D eigenvalue weighted by atomic mass is 10.1. The highest BCUT2D eigenvalue weighted by Gasteiger charge is 2.17. The number of carbonyl (C=O) groups excluding carboxylic acids is 1. The zero-order chi connectivity index (χ0) is 13.8. The van der Waals surface area contributed by atoms with Gasteiger partial charge in [0.25, 0.3) is 5.91 Å². The van der Waals surface area contributed by atoms with Gasteiger partial charge in [0, 0.05) is 51.9 Å². The normalized spacial score (nSPS) is 15.3. The van der Waals surface area contributed by atoms with Crippen LogP contribution in [0.25, 0.3) is 0 Å². The van der Waals surface area contributed by atoms with E-state index in [1.54, 1.807) is 20.3 Å². The highest BCUT2D eigenvalue weighted by molar-refractivity contribution is 5.93. The van der Waals surface area contributed by atoms with Crippen molar-refractivity contribution in [3.8, 4) is 0 Å². The molecule has 1 aromatic heterocycles. The Labute approximate surface area is 112 Å². The molecule has 0 saturated carbocycles. The van der Waals surface area contributed by atoms with Crippen molar-refractivity contribution >= 4 is 17.3 Å². The maximum Gasteiger partial charge on any atom is 0.272 e. The molecule has 0 radical (unpaired) electrons. The smallest absolute Gasteiger partial charge is 0.272 e. The van der Waals surface area contributed by atoms with Gasteiger partial charge >= 0.3 is 0 Å². The van der Waals surface area contributed by atoms with Gasteiger partial charge in [0.15, 0.2) is 0 Å². The number of piperidine rings is 1. The van der Waals surface area contributed by atoms with Gasteiger partial charge in [-0.1, -0.05) is 5.16 Å². The van der Waals surface area contributed by atoms with Crippen LogP contribution in [0.2, 0.25) is 0 Å². The lowest BCUT2D eigenvalue weighted by Crippen LogP contribution is -2.34. The van der Waals surface area contributed by atoms with Gasteiger partial charge in [-0.3, -0.25) is 9.78 Å². The predicted molar refractivity (Wildman–Crippen MR) is 72.9 cm³/mol. The summed E-state index contributed by atoms with van der Waals surface area (Å²) < 4.78 is 0. The molecule has 19 heavy (non-hydrogen) atoms. The Kier molecular flexibility index (Phi) is 3.99. The standard InChI is InChI=1S/C13H18N4O2/c1-16(2)13(18)12-9-11(3-6-14-12)17-7-4-10(15-19)5-8-17/h3,6,9,19H,4-5,7-8H2,1-2H3. The van der Waals surface area contributed by atoms with Crippen LogP contribution in [-0.2, 0) is 0 Å². The summed E-state index contributed by atoms with van der Waals surface area (Å²) in [6, 6.07) is 3.71. The van der Waals surface area contributed by atoms with Crippen LogP contribution >= 0.6 is 0 Å². The van der Waals surface area contributed by atoms with Crippen LogP contribution < -0.4 is 4.90 Å². The van der Waals surface area contributed by atoms with E-state index in [-0.39, 0.29) is 5.91 Å². The highest BCUT2D eigenvalue weighted by atomic mass is 16.4. The minimum atomic E-state index is -0.100. The fourth-order valence-corrected chi connectivity index (χ4v) is 2.09. The van der Waals surface area contributed by atoms with E-state index >= 15 is 0 Å². The van der Waals surface area contributed by atoms with Crippen molar-refractivity contribution in [2.75, 3.05) is 32.1 Å². The number of oxime groups is 1. The Bertz CT molecular complexity index is 489. The molecule has 2 rings (SSSR count). The SMILES string of the molecule is CN(C)C(=O)c1cc(N2CCC(=NO)CC2)ccn1. The van der Waals surface area contributed by atoms with E-state index in [9.17, 15) is 4.79 Å². The van der Waals surface area contributed by atoms with Crippen LogP contribution in [-0.4, -0.2) is 53.9 Å². The summed E-state index contributed by atoms with van der Waals surface area (Å²) in [4.78, 5) is 19.7. The summed E-state index contributed by atoms with van der Waals surface area (Å²) in [5.74, 6) is -0.100. The first kappa shape index (κ1) is 13.3. The first-order chi connectivity index (χ1) is 9.11. The Hall–Kier alpha value is -2.11. The summed E-state index contributed by atoms with van der Waals surface area (Å²) in [6.45, 7) is 1.58. The van der Waals surface area contributed by atoms with Gasteiger partial charge in [0.1, 0.15) is 5.69 Å². The molecule has 0 aliphatic carbocycles. The summed E-state index contributed by atoms with van der Waals surface area (Å²) >= 11 is 0. The van der Waals surface area contributed by atoms with E-state index in [4.69, 9.17) is 5.21 Å². The Morgan fingerprint density at radius 2 is 2.11 bits per heavy atom. The number of carbonyl (C=O) groups is 1. The minimum absolute atomic E-state index is 0.100. The van der Waals surface area contributed by atoms with Gasteiger partial charge in [-0.15, -0.1) is 0 Å². The molecule has 0 atom stereocenters. The fourth-order valence-electron chi connectivity index (χ4n) is 2.09. The quantitative estimate of drug-likeness (QED) is 0.642. The largest absolute Gasteiger partial charge is 0.411 e. The molecule has 6 heteroatoms. The fraction of sp³-hybridized carbons (Fsp3) is 0.462. The second kappa shape index (κ2) is 5.69. The van der Waals surface area contributed by atoms with Crippen molar-refractivity contribution in [2.45, 2.75) is 12.8 Å². The Morgan fingerprint density at radius 1 is 1.42 bits per heavy atom. The number of rotatable bonds is 2. The van der Waals surface area contributed by atoms with Crippen molar-refractivity contribution in [1.29, 1.82) is 0 Å². The summed E-state index contributed by atoms with van der Waals surface area (Å²) in [5.41, 5.74) is 2.26. The molecule has 1 fully saturated rings. The van der Waals surface area contributed by atoms with Crippen LogP contribution in [0, 0.1) is 0 Å². The molecular weight excluding hydrogens is 244 g/mol. The van der Waals surface area contributed by atoms with E-state index in [0.29, 0.717) is 5.69 Å². The van der Waals surface area contributed by atoms with Gasteiger partial charge in [-0.25, -0.2) is 0 Å². The van der Waals surface area contributed by atoms with Crippen LogP contribution in [0.4, 0.5) is 5.69 Å². The zero-order valence-electron chi connectivity index (χ0n) is 11.2. The average molecular weight is 262 g/mol. The molecule has 1 aliphatic heterocycles. The number of nitrogens with zero attached hydrogens (tertiary/aromatic N) is 4. The van der Waals surface area contributed by atoms with Crippen molar-refractivity contribution < 1.29 is 10.0 Å². The van der Waals surface area contributed by atoms with Gasteiger partial charge in [0.05, 0.1) is 5.71 Å². The molecular formula is C13H18N4O2. The molecule has 0 aromatic carbocycles. The highest BCUT2D eigenvalue weighted by Crippen LogP contribution is 2.19. The third-order valence-corrected chi connectivity index (χ3v) is 3.22. The maximum atomic E-state index is 11.9. The van der Waals surface area contributed by atoms with E-state index in [1.165, 1.54) is 4.90 Å². The third-order valence-electron chi connectivity index (χ3n) is 3.22. The van der Waals surface area contributed by atoms with Crippen LogP contribution in [0.1, 0.15) is 23.3 Å². The van der Waals surface area contributed by atoms with E-state index in [0.717, 1.165) is 37.3 Å². The number of hydrogen-bond donors (Lipinski definition) is 1. The van der Waals surface area contributed by atoms with Crippen LogP contribution in [0.15, 0.2) is 23.5 Å². The van der Waals surface area contributed by atoms with Gasteiger partial charge in [0.2, 0.25) is 0 Å². The molecule has 1 aromatic rings. The maximum absolute atomic E-state index is 11.9.